The third-order valence-electron chi connectivity index (χ3n) is 5.89. The van der Waals surface area contributed by atoms with E-state index in [1.807, 2.05) is 0 Å². The summed E-state index contributed by atoms with van der Waals surface area (Å²) < 4.78 is 0. The quantitative estimate of drug-likeness (QED) is 0.805. The van der Waals surface area contributed by atoms with Gasteiger partial charge in [0, 0.05) is 6.61 Å². The molecule has 2 atom stereocenters. The molecule has 106 valence electrons. The molecule has 1 aliphatic carbocycles. The predicted molar refractivity (Wildman–Crippen MR) is 81.7 cm³/mol. The molecule has 0 amide bonds. The highest BCUT2D eigenvalue weighted by Gasteiger charge is 2.48. The molecule has 1 aliphatic rings. The Morgan fingerprint density at radius 1 is 0.947 bits per heavy atom. The zero-order chi connectivity index (χ0) is 14.6. The molecule has 19 heavy (non-hydrogen) atoms. The molecule has 0 spiro atoms. The number of aryl methyl sites for hydroxylation is 2. The fourth-order valence-corrected chi connectivity index (χ4v) is 3.84. The van der Waals surface area contributed by atoms with Gasteiger partial charge in [-0.15, -0.1) is 0 Å². The second-order valence-electron chi connectivity index (χ2n) is 7.50. The fraction of sp³-hybridized carbons (Fsp3) is 0.667. The third kappa shape index (κ3) is 1.94. The van der Waals surface area contributed by atoms with Gasteiger partial charge in [-0.25, -0.2) is 0 Å². The van der Waals surface area contributed by atoms with Gasteiger partial charge in [0.25, 0.3) is 0 Å². The van der Waals surface area contributed by atoms with Crippen molar-refractivity contribution in [1.29, 1.82) is 0 Å². The van der Waals surface area contributed by atoms with Crippen molar-refractivity contribution < 1.29 is 5.11 Å². The van der Waals surface area contributed by atoms with Gasteiger partial charge in [0.1, 0.15) is 0 Å². The average molecular weight is 260 g/mol. The van der Waals surface area contributed by atoms with Crippen molar-refractivity contribution in [2.24, 2.45) is 11.8 Å². The van der Waals surface area contributed by atoms with Crippen LogP contribution >= 0.6 is 0 Å². The van der Waals surface area contributed by atoms with Gasteiger partial charge in [0.05, 0.1) is 0 Å². The molecule has 0 fully saturated rings. The minimum atomic E-state index is 0.0392. The lowest BCUT2D eigenvalue weighted by molar-refractivity contribution is 0.0668. The van der Waals surface area contributed by atoms with Gasteiger partial charge in [-0.05, 0) is 58.8 Å². The second-order valence-corrected chi connectivity index (χ2v) is 7.50. The Balaban J connectivity index is 2.76. The Morgan fingerprint density at radius 3 is 1.79 bits per heavy atom. The molecule has 1 aromatic rings. The number of fused-ring (bicyclic) bond motifs is 1. The van der Waals surface area contributed by atoms with Crippen LogP contribution < -0.4 is 0 Å². The first-order chi connectivity index (χ1) is 8.64. The number of aliphatic hydroxyl groups excluding tert-OH is 1. The number of benzene rings is 1. The summed E-state index contributed by atoms with van der Waals surface area (Å²) in [7, 11) is 0. The number of hydrogen-bond acceptors (Lipinski definition) is 1. The Kier molecular flexibility index (Phi) is 3.33. The highest BCUT2D eigenvalue weighted by molar-refractivity contribution is 5.47. The van der Waals surface area contributed by atoms with Crippen LogP contribution in [0.5, 0.6) is 0 Å². The number of rotatable bonds is 1. The smallest absolute Gasteiger partial charge is 0.0470 e. The van der Waals surface area contributed by atoms with E-state index in [-0.39, 0.29) is 17.4 Å². The van der Waals surface area contributed by atoms with Crippen LogP contribution in [0.4, 0.5) is 0 Å². The molecule has 0 radical (unpaired) electrons. The van der Waals surface area contributed by atoms with Gasteiger partial charge in [-0.2, -0.15) is 0 Å². The summed E-state index contributed by atoms with van der Waals surface area (Å²) in [6, 6.07) is 4.72. The van der Waals surface area contributed by atoms with Crippen molar-refractivity contribution >= 4 is 0 Å². The van der Waals surface area contributed by atoms with E-state index in [2.05, 4.69) is 60.6 Å². The predicted octanol–water partition coefficient (Wildman–Crippen LogP) is 4.12. The van der Waals surface area contributed by atoms with Crippen LogP contribution in [0.1, 0.15) is 56.9 Å². The van der Waals surface area contributed by atoms with Crippen LogP contribution in [0, 0.1) is 25.7 Å². The number of hydrogen-bond donors (Lipinski definition) is 1. The minimum absolute atomic E-state index is 0.0392. The summed E-state index contributed by atoms with van der Waals surface area (Å²) in [5, 5.41) is 9.88. The topological polar surface area (TPSA) is 20.2 Å². The van der Waals surface area contributed by atoms with Crippen molar-refractivity contribution in [3.8, 4) is 0 Å². The maximum absolute atomic E-state index is 9.88. The Morgan fingerprint density at radius 2 is 1.37 bits per heavy atom. The van der Waals surface area contributed by atoms with E-state index < -0.39 is 0 Å². The molecule has 0 saturated heterocycles. The molecule has 0 saturated carbocycles. The van der Waals surface area contributed by atoms with Gasteiger partial charge < -0.3 is 5.11 Å². The molecule has 0 unspecified atom stereocenters. The second kappa shape index (κ2) is 4.34. The molecule has 0 aromatic heterocycles. The average Bonchev–Trinajstić information content (AvgIpc) is 2.30. The van der Waals surface area contributed by atoms with Crippen molar-refractivity contribution in [2.75, 3.05) is 6.61 Å². The van der Waals surface area contributed by atoms with E-state index in [0.29, 0.717) is 11.8 Å². The van der Waals surface area contributed by atoms with Gasteiger partial charge in [-0.3, -0.25) is 0 Å². The molecule has 1 aromatic carbocycles. The zero-order valence-corrected chi connectivity index (χ0v) is 13.5. The lowest BCUT2D eigenvalue weighted by atomic mass is 9.52. The largest absolute Gasteiger partial charge is 0.396 e. The summed E-state index contributed by atoms with van der Waals surface area (Å²) in [6.07, 6.45) is 0. The fourth-order valence-electron chi connectivity index (χ4n) is 3.84. The van der Waals surface area contributed by atoms with Crippen molar-refractivity contribution in [1.82, 2.24) is 0 Å². The lowest BCUT2D eigenvalue weighted by Gasteiger charge is -2.52. The molecule has 1 nitrogen and oxygen atoms in total. The SMILES string of the molecule is Cc1cc2c(cc1C)C(C)(C)[C@H](CO)[C@@H](C)C2(C)C. The van der Waals surface area contributed by atoms with Crippen molar-refractivity contribution in [3.05, 3.63) is 34.4 Å². The Bertz CT molecular complexity index is 497. The maximum atomic E-state index is 9.88. The van der Waals surface area contributed by atoms with Crippen LogP contribution in [0.3, 0.4) is 0 Å². The van der Waals surface area contributed by atoms with E-state index in [1.54, 1.807) is 0 Å². The Hall–Kier alpha value is -0.820. The summed E-state index contributed by atoms with van der Waals surface area (Å²) in [5.41, 5.74) is 5.79. The minimum Gasteiger partial charge on any atom is -0.396 e. The normalized spacial score (nSPS) is 28.0. The Labute approximate surface area is 118 Å². The van der Waals surface area contributed by atoms with E-state index in [4.69, 9.17) is 0 Å². The zero-order valence-electron chi connectivity index (χ0n) is 13.5. The molecular formula is C18H28O. The first kappa shape index (κ1) is 14.6. The van der Waals surface area contributed by atoms with Gasteiger partial charge >= 0.3 is 0 Å². The molecular weight excluding hydrogens is 232 g/mol. The van der Waals surface area contributed by atoms with E-state index in [9.17, 15) is 5.11 Å². The summed E-state index contributed by atoms with van der Waals surface area (Å²) >= 11 is 0. The van der Waals surface area contributed by atoms with E-state index >= 15 is 0 Å². The monoisotopic (exact) mass is 260 g/mol. The third-order valence-corrected chi connectivity index (χ3v) is 5.89. The summed E-state index contributed by atoms with van der Waals surface area (Å²) in [4.78, 5) is 0. The van der Waals surface area contributed by atoms with Crippen molar-refractivity contribution in [3.63, 3.8) is 0 Å². The van der Waals surface area contributed by atoms with E-state index in [0.717, 1.165) is 0 Å². The highest BCUT2D eigenvalue weighted by Crippen LogP contribution is 2.52. The summed E-state index contributed by atoms with van der Waals surface area (Å²) in [6.45, 7) is 16.2. The molecule has 1 heteroatoms. The molecule has 2 rings (SSSR count). The first-order valence-corrected chi connectivity index (χ1v) is 7.37. The first-order valence-electron chi connectivity index (χ1n) is 7.37. The van der Waals surface area contributed by atoms with Crippen LogP contribution in [-0.2, 0) is 10.8 Å². The maximum Gasteiger partial charge on any atom is 0.0470 e. The lowest BCUT2D eigenvalue weighted by Crippen LogP contribution is -2.49. The van der Waals surface area contributed by atoms with Gasteiger partial charge in [0.2, 0.25) is 0 Å². The standard InChI is InChI=1S/C18H28O/c1-11-8-14-15(9-12(11)2)18(6,7)16(10-19)13(3)17(14,4)5/h8-9,13,16,19H,10H2,1-7H3/t13-,16-/m1/s1. The van der Waals surface area contributed by atoms with Gasteiger partial charge in [-0.1, -0.05) is 46.8 Å². The number of aliphatic hydroxyl groups is 1. The summed E-state index contributed by atoms with van der Waals surface area (Å²) in [5.74, 6) is 0.791. The highest BCUT2D eigenvalue weighted by atomic mass is 16.3. The van der Waals surface area contributed by atoms with Crippen molar-refractivity contribution in [2.45, 2.75) is 59.3 Å². The molecule has 1 N–H and O–H groups in total. The van der Waals surface area contributed by atoms with Crippen LogP contribution in [-0.4, -0.2) is 11.7 Å². The molecule has 0 aliphatic heterocycles. The molecule has 0 bridgehead atoms. The van der Waals surface area contributed by atoms with Crippen LogP contribution in [0.2, 0.25) is 0 Å². The van der Waals surface area contributed by atoms with Gasteiger partial charge in [0.15, 0.2) is 0 Å². The molecule has 0 heterocycles. The van der Waals surface area contributed by atoms with Crippen LogP contribution in [0.25, 0.3) is 0 Å². The van der Waals surface area contributed by atoms with Crippen LogP contribution in [0.15, 0.2) is 12.1 Å². The van der Waals surface area contributed by atoms with E-state index in [1.165, 1.54) is 22.3 Å².